The molecule has 0 saturated carbocycles. The summed E-state index contributed by atoms with van der Waals surface area (Å²) >= 11 is 6.63. The molecule has 1 N–H and O–H groups in total. The second kappa shape index (κ2) is 6.37. The Morgan fingerprint density at radius 2 is 2.04 bits per heavy atom. The van der Waals surface area contributed by atoms with Gasteiger partial charge in [0.05, 0.1) is 17.1 Å². The third-order valence-electron chi connectivity index (χ3n) is 3.47. The molecule has 1 aliphatic rings. The third-order valence-corrected chi connectivity index (χ3v) is 4.57. The molecule has 4 nitrogen and oxygen atoms in total. The Kier molecular flexibility index (Phi) is 4.46. The summed E-state index contributed by atoms with van der Waals surface area (Å²) in [5.74, 6) is 0.865. The number of aromatic hydroxyl groups is 1. The van der Waals surface area contributed by atoms with Crippen LogP contribution in [0.3, 0.4) is 0 Å². The molecule has 6 heteroatoms. The number of phenols is 1. The van der Waals surface area contributed by atoms with E-state index in [1.54, 1.807) is 30.3 Å². The predicted octanol–water partition coefficient (Wildman–Crippen LogP) is 4.58. The van der Waals surface area contributed by atoms with Crippen molar-refractivity contribution in [2.75, 3.05) is 13.7 Å². The van der Waals surface area contributed by atoms with Crippen LogP contribution in [0.15, 0.2) is 44.9 Å². The smallest absolute Gasteiger partial charge is 0.196 e. The molecule has 1 aliphatic heterocycles. The Hall–Kier alpha value is -1.79. The molecule has 0 aliphatic carbocycles. The number of halogens is 2. The molecule has 23 heavy (non-hydrogen) atoms. The molecule has 2 aromatic rings. The van der Waals surface area contributed by atoms with Crippen LogP contribution in [0.5, 0.6) is 17.2 Å². The van der Waals surface area contributed by atoms with E-state index in [1.807, 2.05) is 6.07 Å². The van der Waals surface area contributed by atoms with Gasteiger partial charge in [-0.1, -0.05) is 15.9 Å². The molecule has 0 spiro atoms. The van der Waals surface area contributed by atoms with Gasteiger partial charge in [-0.25, -0.2) is 0 Å². The molecule has 3 rings (SSSR count). The van der Waals surface area contributed by atoms with Crippen molar-refractivity contribution in [1.29, 1.82) is 0 Å². The fourth-order valence-electron chi connectivity index (χ4n) is 2.34. The Morgan fingerprint density at radius 3 is 2.78 bits per heavy atom. The van der Waals surface area contributed by atoms with Gasteiger partial charge in [-0.05, 0) is 57.9 Å². The molecule has 118 valence electrons. The van der Waals surface area contributed by atoms with E-state index in [9.17, 15) is 9.90 Å². The monoisotopic (exact) mass is 438 g/mol. The van der Waals surface area contributed by atoms with Gasteiger partial charge in [0.15, 0.2) is 17.3 Å². The number of hydrogen-bond donors (Lipinski definition) is 1. The molecular weight excluding hydrogens is 428 g/mol. The second-order valence-corrected chi connectivity index (χ2v) is 6.75. The largest absolute Gasteiger partial charge is 0.503 e. The Morgan fingerprint density at radius 1 is 1.26 bits per heavy atom. The van der Waals surface area contributed by atoms with Crippen molar-refractivity contribution in [1.82, 2.24) is 0 Å². The summed E-state index contributed by atoms with van der Waals surface area (Å²) in [5.41, 5.74) is 1.80. The minimum Gasteiger partial charge on any atom is -0.503 e. The Bertz CT molecular complexity index is 828. The normalized spacial score (nSPS) is 15.3. The number of phenolic OH excluding ortho intramolecular Hbond substituents is 1. The van der Waals surface area contributed by atoms with E-state index >= 15 is 0 Å². The van der Waals surface area contributed by atoms with Crippen molar-refractivity contribution in [3.8, 4) is 17.2 Å². The molecule has 0 fully saturated rings. The Balaban J connectivity index is 2.01. The van der Waals surface area contributed by atoms with E-state index in [4.69, 9.17) is 9.47 Å². The number of ketones is 1. The maximum atomic E-state index is 12.6. The zero-order valence-corrected chi connectivity index (χ0v) is 15.3. The highest BCUT2D eigenvalue weighted by atomic mass is 79.9. The number of ether oxygens (including phenoxy) is 2. The quantitative estimate of drug-likeness (QED) is 0.695. The van der Waals surface area contributed by atoms with Crippen LogP contribution in [-0.2, 0) is 0 Å². The molecule has 0 saturated heterocycles. The Labute approximate surface area is 150 Å². The van der Waals surface area contributed by atoms with Crippen LogP contribution in [0.2, 0.25) is 0 Å². The summed E-state index contributed by atoms with van der Waals surface area (Å²) in [7, 11) is 1.47. The fraction of sp³-hybridized carbons (Fsp3) is 0.118. The van der Waals surface area contributed by atoms with Gasteiger partial charge in [0.2, 0.25) is 0 Å². The van der Waals surface area contributed by atoms with E-state index in [2.05, 4.69) is 31.9 Å². The first kappa shape index (κ1) is 16.1. The van der Waals surface area contributed by atoms with Crippen LogP contribution in [0.25, 0.3) is 6.08 Å². The van der Waals surface area contributed by atoms with Crippen molar-refractivity contribution in [3.63, 3.8) is 0 Å². The maximum absolute atomic E-state index is 12.6. The van der Waals surface area contributed by atoms with Gasteiger partial charge in [0.25, 0.3) is 0 Å². The minimum atomic E-state index is -0.0734. The summed E-state index contributed by atoms with van der Waals surface area (Å²) in [6, 6.07) is 8.74. The molecule has 1 heterocycles. The number of carbonyl (C=O) groups is 1. The lowest BCUT2D eigenvalue weighted by Crippen LogP contribution is -2.19. The molecule has 0 aromatic heterocycles. The highest BCUT2D eigenvalue weighted by Gasteiger charge is 2.23. The predicted molar refractivity (Wildman–Crippen MR) is 94.3 cm³/mol. The number of fused-ring (bicyclic) bond motifs is 1. The summed E-state index contributed by atoms with van der Waals surface area (Å²) in [5, 5.41) is 9.85. The maximum Gasteiger partial charge on any atom is 0.196 e. The van der Waals surface area contributed by atoms with Crippen molar-refractivity contribution in [2.24, 2.45) is 0 Å². The number of Topliss-reactive ketones (excluding diaryl/α,β-unsaturated/α-hetero) is 1. The molecule has 0 bridgehead atoms. The SMILES string of the molecule is COc1cc(/C=C2\COc3ccc(Br)cc3C2=O)cc(Br)c1O. The topological polar surface area (TPSA) is 55.8 Å². The van der Waals surface area contributed by atoms with E-state index in [1.165, 1.54) is 7.11 Å². The number of methoxy groups -OCH3 is 1. The van der Waals surface area contributed by atoms with Gasteiger partial charge in [0, 0.05) is 10.0 Å². The van der Waals surface area contributed by atoms with Gasteiger partial charge >= 0.3 is 0 Å². The summed E-state index contributed by atoms with van der Waals surface area (Å²) < 4.78 is 12.1. The number of hydrogen-bond acceptors (Lipinski definition) is 4. The van der Waals surface area contributed by atoms with Crippen LogP contribution in [0, 0.1) is 0 Å². The van der Waals surface area contributed by atoms with Crippen LogP contribution >= 0.6 is 31.9 Å². The molecule has 0 atom stereocenters. The van der Waals surface area contributed by atoms with Crippen molar-refractivity contribution in [2.45, 2.75) is 0 Å². The lowest BCUT2D eigenvalue weighted by molar-refractivity contribution is 0.100. The molecular formula is C17H12Br2O4. The van der Waals surface area contributed by atoms with Crippen molar-refractivity contribution >= 4 is 43.7 Å². The number of carbonyl (C=O) groups excluding carboxylic acids is 1. The van der Waals surface area contributed by atoms with Gasteiger partial charge < -0.3 is 14.6 Å². The highest BCUT2D eigenvalue weighted by molar-refractivity contribution is 9.10. The third kappa shape index (κ3) is 3.14. The first-order valence-corrected chi connectivity index (χ1v) is 8.32. The van der Waals surface area contributed by atoms with Gasteiger partial charge in [-0.2, -0.15) is 0 Å². The summed E-state index contributed by atoms with van der Waals surface area (Å²) in [6.07, 6.45) is 1.74. The molecule has 0 radical (unpaired) electrons. The molecule has 2 aromatic carbocycles. The summed E-state index contributed by atoms with van der Waals surface area (Å²) in [4.78, 5) is 12.6. The first-order valence-electron chi connectivity index (χ1n) is 6.73. The lowest BCUT2D eigenvalue weighted by Gasteiger charge is -2.19. The van der Waals surface area contributed by atoms with E-state index < -0.39 is 0 Å². The van der Waals surface area contributed by atoms with Crippen LogP contribution in [-0.4, -0.2) is 24.6 Å². The van der Waals surface area contributed by atoms with Crippen molar-refractivity contribution in [3.05, 3.63) is 56.0 Å². The first-order chi connectivity index (χ1) is 11.0. The minimum absolute atomic E-state index is 0.0233. The standard InChI is InChI=1S/C17H12Br2O4/c1-22-15-6-9(5-13(19)17(15)21)4-10-8-23-14-3-2-11(18)7-12(14)16(10)20/h2-7,21H,8H2,1H3/b10-4+. The van der Waals surface area contributed by atoms with Gasteiger partial charge in [0.1, 0.15) is 12.4 Å². The van der Waals surface area contributed by atoms with E-state index in [0.29, 0.717) is 27.1 Å². The second-order valence-electron chi connectivity index (χ2n) is 4.98. The van der Waals surface area contributed by atoms with E-state index in [-0.39, 0.29) is 18.1 Å². The highest BCUT2D eigenvalue weighted by Crippen LogP contribution is 2.36. The van der Waals surface area contributed by atoms with Gasteiger partial charge in [-0.15, -0.1) is 0 Å². The lowest BCUT2D eigenvalue weighted by atomic mass is 9.98. The molecule has 0 amide bonds. The zero-order valence-electron chi connectivity index (χ0n) is 12.1. The molecule has 0 unspecified atom stereocenters. The number of rotatable bonds is 2. The van der Waals surface area contributed by atoms with Crippen LogP contribution in [0.1, 0.15) is 15.9 Å². The zero-order chi connectivity index (χ0) is 16.6. The van der Waals surface area contributed by atoms with Crippen LogP contribution < -0.4 is 9.47 Å². The van der Waals surface area contributed by atoms with Crippen LogP contribution in [0.4, 0.5) is 0 Å². The average Bonchev–Trinajstić information content (AvgIpc) is 2.54. The average molecular weight is 440 g/mol. The van der Waals surface area contributed by atoms with Gasteiger partial charge in [-0.3, -0.25) is 4.79 Å². The van der Waals surface area contributed by atoms with Crippen molar-refractivity contribution < 1.29 is 19.4 Å². The summed E-state index contributed by atoms with van der Waals surface area (Å²) in [6.45, 7) is 0.203. The van der Waals surface area contributed by atoms with E-state index in [0.717, 1.165) is 10.0 Å². The number of benzene rings is 2. The fourth-order valence-corrected chi connectivity index (χ4v) is 3.16.